The minimum atomic E-state index is -0.426. The second kappa shape index (κ2) is 7.99. The Bertz CT molecular complexity index is 880. The van der Waals surface area contributed by atoms with E-state index in [1.807, 2.05) is 24.3 Å². The van der Waals surface area contributed by atoms with Crippen molar-refractivity contribution in [1.29, 1.82) is 0 Å². The van der Waals surface area contributed by atoms with Crippen molar-refractivity contribution in [3.63, 3.8) is 0 Å². The Kier molecular flexibility index (Phi) is 5.25. The van der Waals surface area contributed by atoms with Crippen molar-refractivity contribution in [3.05, 3.63) is 60.7 Å². The highest BCUT2D eigenvalue weighted by atomic mass is 16.5. The van der Waals surface area contributed by atoms with Crippen LogP contribution in [-0.2, 0) is 9.59 Å². The Balaban J connectivity index is 1.55. The van der Waals surface area contributed by atoms with Crippen LogP contribution in [0.15, 0.2) is 60.7 Å². The number of methoxy groups -OCH3 is 2. The summed E-state index contributed by atoms with van der Waals surface area (Å²) in [6.45, 7) is 0. The molecular weight excluding hydrogens is 368 g/mol. The molecule has 2 amide bonds. The highest BCUT2D eigenvalue weighted by Crippen LogP contribution is 2.49. The molecule has 0 aromatic heterocycles. The van der Waals surface area contributed by atoms with Crippen molar-refractivity contribution in [1.82, 2.24) is 0 Å². The smallest absolute Gasteiger partial charge is 0.229 e. The van der Waals surface area contributed by atoms with Crippen LogP contribution < -0.4 is 20.1 Å². The molecule has 6 heteroatoms. The molecule has 2 N–H and O–H groups in total. The van der Waals surface area contributed by atoms with Gasteiger partial charge in [-0.3, -0.25) is 9.59 Å². The molecule has 0 radical (unpaired) electrons. The topological polar surface area (TPSA) is 76.7 Å². The van der Waals surface area contributed by atoms with E-state index in [1.54, 1.807) is 38.5 Å². The predicted molar refractivity (Wildman–Crippen MR) is 111 cm³/mol. The maximum Gasteiger partial charge on any atom is 0.229 e. The fourth-order valence-electron chi connectivity index (χ4n) is 4.47. The molecule has 0 aliphatic heterocycles. The first kappa shape index (κ1) is 19.1. The first-order valence-corrected chi connectivity index (χ1v) is 9.68. The van der Waals surface area contributed by atoms with E-state index >= 15 is 0 Å². The van der Waals surface area contributed by atoms with Crippen LogP contribution in [0.25, 0.3) is 0 Å². The number of allylic oxidation sites excluding steroid dienone is 2. The Labute approximate surface area is 169 Å². The summed E-state index contributed by atoms with van der Waals surface area (Å²) in [5, 5.41) is 5.91. The first-order valence-electron chi connectivity index (χ1n) is 9.68. The van der Waals surface area contributed by atoms with E-state index in [2.05, 4.69) is 22.8 Å². The number of ether oxygens (including phenoxy) is 2. The largest absolute Gasteiger partial charge is 0.495 e. The van der Waals surface area contributed by atoms with Crippen LogP contribution in [0, 0.1) is 23.7 Å². The lowest BCUT2D eigenvalue weighted by atomic mass is 9.81. The van der Waals surface area contributed by atoms with Gasteiger partial charge >= 0.3 is 0 Å². The molecule has 1 saturated carbocycles. The molecule has 150 valence electrons. The maximum atomic E-state index is 13.2. The van der Waals surface area contributed by atoms with Gasteiger partial charge in [0.2, 0.25) is 11.8 Å². The summed E-state index contributed by atoms with van der Waals surface area (Å²) < 4.78 is 10.7. The highest BCUT2D eigenvalue weighted by molar-refractivity contribution is 6.02. The van der Waals surface area contributed by atoms with Crippen LogP contribution in [0.4, 0.5) is 11.4 Å². The molecule has 2 aromatic rings. The molecule has 2 aromatic carbocycles. The minimum Gasteiger partial charge on any atom is -0.495 e. The normalized spacial score (nSPS) is 24.2. The Hall–Kier alpha value is -3.28. The number of anilines is 2. The van der Waals surface area contributed by atoms with Crippen molar-refractivity contribution in [3.8, 4) is 11.5 Å². The zero-order valence-corrected chi connectivity index (χ0v) is 16.4. The summed E-state index contributed by atoms with van der Waals surface area (Å²) >= 11 is 0. The van der Waals surface area contributed by atoms with Crippen molar-refractivity contribution in [2.75, 3.05) is 24.9 Å². The van der Waals surface area contributed by atoms with Crippen molar-refractivity contribution in [2.24, 2.45) is 23.7 Å². The van der Waals surface area contributed by atoms with E-state index in [0.717, 1.165) is 6.42 Å². The van der Waals surface area contributed by atoms with E-state index in [4.69, 9.17) is 9.47 Å². The maximum absolute atomic E-state index is 13.2. The predicted octanol–water partition coefficient (Wildman–Crippen LogP) is 3.72. The summed E-state index contributed by atoms with van der Waals surface area (Å²) in [6.07, 6.45) is 4.93. The zero-order chi connectivity index (χ0) is 20.4. The van der Waals surface area contributed by atoms with Gasteiger partial charge in [0.15, 0.2) is 0 Å². The molecular formula is C23H24N2O4. The molecule has 4 unspecified atom stereocenters. The van der Waals surface area contributed by atoms with Crippen LogP contribution in [-0.4, -0.2) is 26.0 Å². The quantitative estimate of drug-likeness (QED) is 0.735. The zero-order valence-electron chi connectivity index (χ0n) is 16.4. The monoisotopic (exact) mass is 392 g/mol. The Morgan fingerprint density at radius 1 is 0.759 bits per heavy atom. The van der Waals surface area contributed by atoms with Gasteiger partial charge in [-0.2, -0.15) is 0 Å². The van der Waals surface area contributed by atoms with Gasteiger partial charge in [-0.05, 0) is 42.5 Å². The van der Waals surface area contributed by atoms with Gasteiger partial charge in [-0.25, -0.2) is 0 Å². The minimum absolute atomic E-state index is 0.0585. The Morgan fingerprint density at radius 2 is 1.17 bits per heavy atom. The van der Waals surface area contributed by atoms with Crippen molar-refractivity contribution < 1.29 is 19.1 Å². The lowest BCUT2D eigenvalue weighted by Gasteiger charge is -2.27. The van der Waals surface area contributed by atoms with Crippen LogP contribution >= 0.6 is 0 Å². The Morgan fingerprint density at radius 3 is 1.59 bits per heavy atom. The summed E-state index contributed by atoms with van der Waals surface area (Å²) in [5.74, 6) is 0.127. The number of carbonyl (C=O) groups excluding carboxylic acids is 2. The molecule has 2 bridgehead atoms. The van der Waals surface area contributed by atoms with E-state index in [9.17, 15) is 9.59 Å². The first-order chi connectivity index (χ1) is 14.1. The second-order valence-electron chi connectivity index (χ2n) is 7.38. The van der Waals surface area contributed by atoms with E-state index < -0.39 is 11.8 Å². The molecule has 0 spiro atoms. The van der Waals surface area contributed by atoms with Crippen LogP contribution in [0.2, 0.25) is 0 Å². The third-order valence-electron chi connectivity index (χ3n) is 5.79. The summed E-state index contributed by atoms with van der Waals surface area (Å²) in [4.78, 5) is 26.3. The van der Waals surface area contributed by atoms with Gasteiger partial charge in [-0.1, -0.05) is 36.4 Å². The number of hydrogen-bond donors (Lipinski definition) is 2. The number of hydrogen-bond acceptors (Lipinski definition) is 4. The molecule has 2 aliphatic rings. The molecule has 4 rings (SSSR count). The van der Waals surface area contributed by atoms with Gasteiger partial charge in [0.25, 0.3) is 0 Å². The number of fused-ring (bicyclic) bond motifs is 2. The highest BCUT2D eigenvalue weighted by Gasteiger charge is 2.51. The third-order valence-corrected chi connectivity index (χ3v) is 5.79. The number of benzene rings is 2. The number of nitrogens with one attached hydrogen (secondary N) is 2. The van der Waals surface area contributed by atoms with E-state index in [1.165, 1.54) is 0 Å². The fraction of sp³-hybridized carbons (Fsp3) is 0.304. The van der Waals surface area contributed by atoms with E-state index in [0.29, 0.717) is 22.9 Å². The van der Waals surface area contributed by atoms with Crippen LogP contribution in [0.1, 0.15) is 6.42 Å². The number of amides is 2. The fourth-order valence-corrected chi connectivity index (χ4v) is 4.47. The number of para-hydroxylation sites is 4. The van der Waals surface area contributed by atoms with Gasteiger partial charge in [0.1, 0.15) is 11.5 Å². The SMILES string of the molecule is COc1ccccc1NC(=O)C1C2C=CC(C2)C1C(=O)Nc1ccccc1OC. The van der Waals surface area contributed by atoms with Gasteiger partial charge in [0.05, 0.1) is 37.4 Å². The molecule has 4 atom stereocenters. The number of rotatable bonds is 6. The van der Waals surface area contributed by atoms with E-state index in [-0.39, 0.29) is 23.7 Å². The van der Waals surface area contributed by atoms with Crippen molar-refractivity contribution in [2.45, 2.75) is 6.42 Å². The average molecular weight is 392 g/mol. The molecule has 2 aliphatic carbocycles. The van der Waals surface area contributed by atoms with Gasteiger partial charge < -0.3 is 20.1 Å². The summed E-state index contributed by atoms with van der Waals surface area (Å²) in [6, 6.07) is 14.5. The lowest BCUT2D eigenvalue weighted by Crippen LogP contribution is -2.39. The summed E-state index contributed by atoms with van der Waals surface area (Å²) in [5.41, 5.74) is 1.21. The second-order valence-corrected chi connectivity index (χ2v) is 7.38. The molecule has 6 nitrogen and oxygen atoms in total. The van der Waals surface area contributed by atoms with Crippen molar-refractivity contribution >= 4 is 23.2 Å². The average Bonchev–Trinajstić information content (AvgIpc) is 3.36. The molecule has 0 heterocycles. The lowest BCUT2D eigenvalue weighted by molar-refractivity contribution is -0.129. The van der Waals surface area contributed by atoms with Gasteiger partial charge in [-0.15, -0.1) is 0 Å². The molecule has 0 saturated heterocycles. The third kappa shape index (κ3) is 3.58. The van der Waals surface area contributed by atoms with Crippen LogP contribution in [0.5, 0.6) is 11.5 Å². The standard InChI is InChI=1S/C23H24N2O4/c1-28-18-9-5-3-7-16(18)24-22(26)20-14-11-12-15(13-14)21(20)23(27)25-17-8-4-6-10-19(17)29-2/h3-12,14-15,20-21H,13H2,1-2H3,(H,24,26)(H,25,27). The number of carbonyl (C=O) groups is 2. The van der Waals surface area contributed by atoms with Crippen LogP contribution in [0.3, 0.4) is 0 Å². The molecule has 29 heavy (non-hydrogen) atoms. The summed E-state index contributed by atoms with van der Waals surface area (Å²) in [7, 11) is 3.13. The molecule has 1 fully saturated rings. The van der Waals surface area contributed by atoms with Gasteiger partial charge in [0, 0.05) is 0 Å².